The topological polar surface area (TPSA) is 147 Å². The van der Waals surface area contributed by atoms with E-state index in [-0.39, 0.29) is 5.41 Å². The monoisotopic (exact) mass is 561 g/mol. The van der Waals surface area contributed by atoms with E-state index in [9.17, 15) is 14.4 Å². The summed E-state index contributed by atoms with van der Waals surface area (Å²) in [7, 11) is 0. The largest absolute Gasteiger partial charge is 0.383 e. The number of nitrogens with one attached hydrogen (secondary N) is 2. The Bertz CT molecular complexity index is 1670. The number of aryl methyl sites for hydroxylation is 1. The van der Waals surface area contributed by atoms with E-state index in [1.807, 2.05) is 6.07 Å². The molecular weight excluding hydrogens is 533 g/mol. The average molecular weight is 562 g/mol. The number of pyridine rings is 2. The van der Waals surface area contributed by atoms with Gasteiger partial charge in [-0.25, -0.2) is 9.67 Å². The molecule has 1 aliphatic carbocycles. The van der Waals surface area contributed by atoms with Crippen LogP contribution in [-0.4, -0.2) is 37.4 Å². The zero-order valence-corrected chi connectivity index (χ0v) is 23.3. The van der Waals surface area contributed by atoms with Crippen LogP contribution in [0.3, 0.4) is 0 Å². The lowest BCUT2D eigenvalue weighted by Gasteiger charge is -2.23. The van der Waals surface area contributed by atoms with E-state index in [4.69, 9.17) is 17.3 Å². The smallest absolute Gasteiger partial charge is 0.245 e. The zero-order chi connectivity index (χ0) is 28.8. The third-order valence-corrected chi connectivity index (χ3v) is 7.27. The number of nitrogens with zero attached hydrogens (tertiary/aromatic N) is 6. The lowest BCUT2D eigenvalue weighted by Crippen LogP contribution is -2.34. The molecule has 0 radical (unpaired) electrons. The van der Waals surface area contributed by atoms with Gasteiger partial charge in [0.05, 0.1) is 34.0 Å². The van der Waals surface area contributed by atoms with Gasteiger partial charge in [0.25, 0.3) is 0 Å². The Morgan fingerprint density at radius 2 is 2.08 bits per heavy atom. The second-order valence-corrected chi connectivity index (χ2v) is 11.7. The van der Waals surface area contributed by atoms with Crippen LogP contribution in [0, 0.1) is 29.6 Å². The Kier molecular flexibility index (Phi) is 6.84. The van der Waals surface area contributed by atoms with Gasteiger partial charge >= 0.3 is 0 Å². The fraction of sp³-hybridized carbons (Fsp3) is 0.357. The van der Waals surface area contributed by atoms with E-state index in [1.165, 1.54) is 16.9 Å². The van der Waals surface area contributed by atoms with Crippen LogP contribution in [0.5, 0.6) is 0 Å². The van der Waals surface area contributed by atoms with Crippen molar-refractivity contribution in [1.82, 2.24) is 25.0 Å². The summed E-state index contributed by atoms with van der Waals surface area (Å²) in [6, 6.07) is 8.07. The highest BCUT2D eigenvalue weighted by atomic mass is 35.5. The second-order valence-electron chi connectivity index (χ2n) is 11.3. The quantitative estimate of drug-likeness (QED) is 0.259. The fourth-order valence-corrected chi connectivity index (χ4v) is 4.89. The van der Waals surface area contributed by atoms with Crippen molar-refractivity contribution in [3.05, 3.63) is 70.1 Å². The molecule has 1 aromatic carbocycles. The van der Waals surface area contributed by atoms with Gasteiger partial charge in [-0.05, 0) is 43.4 Å². The van der Waals surface area contributed by atoms with Crippen LogP contribution in [0.25, 0.3) is 10.9 Å². The molecule has 0 saturated heterocycles. The van der Waals surface area contributed by atoms with Crippen molar-refractivity contribution in [2.24, 2.45) is 11.1 Å². The lowest BCUT2D eigenvalue weighted by atomic mass is 9.96. The predicted octanol–water partition coefficient (Wildman–Crippen LogP) is 4.83. The van der Waals surface area contributed by atoms with Crippen LogP contribution in [0.15, 0.2) is 36.7 Å². The molecule has 1 atom stereocenters. The van der Waals surface area contributed by atoms with E-state index in [0.717, 1.165) is 0 Å². The van der Waals surface area contributed by atoms with Gasteiger partial charge < -0.3 is 16.4 Å². The standard InChI is InChI=1S/C28H29ClFN9O/c1-15-18(5-6-22(30)35-15)25(21-13-39(38-37-21)28(7-8-28)26(32)40)36-17-9-19-23(34-14-27(2,3)4)16(11-31)12-33-24(19)20(29)10-17/h5-6,9-10,12-13,25,36H,7-8,14H2,1-4H3,(H2,32,40)(H,33,34). The highest BCUT2D eigenvalue weighted by Crippen LogP contribution is 2.43. The molecule has 10 nitrogen and oxygen atoms in total. The number of halogens is 2. The molecule has 0 aliphatic heterocycles. The molecule has 4 aromatic rings. The summed E-state index contributed by atoms with van der Waals surface area (Å²) in [5.41, 5.74) is 8.47. The van der Waals surface area contributed by atoms with Gasteiger partial charge in [-0.2, -0.15) is 9.65 Å². The predicted molar refractivity (Wildman–Crippen MR) is 150 cm³/mol. The molecule has 3 aromatic heterocycles. The summed E-state index contributed by atoms with van der Waals surface area (Å²) >= 11 is 6.70. The minimum absolute atomic E-state index is 0.0458. The number of hydrogen-bond donors (Lipinski definition) is 3. The molecule has 40 heavy (non-hydrogen) atoms. The van der Waals surface area contributed by atoms with Crippen molar-refractivity contribution < 1.29 is 9.18 Å². The summed E-state index contributed by atoms with van der Waals surface area (Å²) in [4.78, 5) is 20.5. The van der Waals surface area contributed by atoms with Gasteiger partial charge in [-0.15, -0.1) is 5.10 Å². The number of aromatic nitrogens is 5. The van der Waals surface area contributed by atoms with E-state index >= 15 is 0 Å². The first-order valence-corrected chi connectivity index (χ1v) is 13.2. The number of nitrogens with two attached hydrogens (primary N) is 1. The number of nitriles is 1. The van der Waals surface area contributed by atoms with Gasteiger partial charge in [0.2, 0.25) is 11.9 Å². The molecule has 1 saturated carbocycles. The maximum Gasteiger partial charge on any atom is 0.245 e. The number of fused-ring (bicyclic) bond motifs is 1. The van der Waals surface area contributed by atoms with E-state index in [0.29, 0.717) is 69.2 Å². The number of carbonyl (C=O) groups is 1. The van der Waals surface area contributed by atoms with Crippen LogP contribution in [-0.2, 0) is 10.3 Å². The van der Waals surface area contributed by atoms with Crippen LogP contribution in [0.2, 0.25) is 5.02 Å². The molecule has 206 valence electrons. The first-order chi connectivity index (χ1) is 18.9. The Morgan fingerprint density at radius 3 is 2.70 bits per heavy atom. The van der Waals surface area contributed by atoms with Gasteiger partial charge in [0, 0.05) is 35.1 Å². The second kappa shape index (κ2) is 10.0. The first-order valence-electron chi connectivity index (χ1n) is 12.8. The van der Waals surface area contributed by atoms with Gasteiger partial charge in [0.1, 0.15) is 17.3 Å². The minimum Gasteiger partial charge on any atom is -0.383 e. The summed E-state index contributed by atoms with van der Waals surface area (Å²) in [5, 5.41) is 26.2. The molecule has 5 rings (SSSR count). The molecule has 1 aliphatic rings. The SMILES string of the molecule is Cc1nc(F)ccc1C(Nc1cc(Cl)c2ncc(C#N)c(NCC(C)(C)C)c2c1)c1cn(C2(C(N)=O)CC2)nn1. The third kappa shape index (κ3) is 5.14. The molecule has 0 bridgehead atoms. The summed E-state index contributed by atoms with van der Waals surface area (Å²) in [6.07, 6.45) is 4.35. The van der Waals surface area contributed by atoms with E-state index < -0.39 is 23.4 Å². The van der Waals surface area contributed by atoms with Gasteiger partial charge in [-0.1, -0.05) is 43.7 Å². The number of primary amides is 1. The number of rotatable bonds is 8. The average Bonchev–Trinajstić information content (AvgIpc) is 3.56. The molecule has 4 N–H and O–H groups in total. The maximum absolute atomic E-state index is 13.9. The molecular formula is C28H29ClFN9O. The highest BCUT2D eigenvalue weighted by Gasteiger charge is 2.52. The Labute approximate surface area is 235 Å². The number of carbonyl (C=O) groups excluding carboxylic acids is 1. The Morgan fingerprint density at radius 1 is 1.32 bits per heavy atom. The van der Waals surface area contributed by atoms with Crippen LogP contribution < -0.4 is 16.4 Å². The molecule has 1 amide bonds. The normalized spacial score (nSPS) is 14.9. The summed E-state index contributed by atoms with van der Waals surface area (Å²) in [6.45, 7) is 8.60. The number of amides is 1. The van der Waals surface area contributed by atoms with Gasteiger partial charge in [0.15, 0.2) is 0 Å². The van der Waals surface area contributed by atoms with Crippen LogP contribution in [0.4, 0.5) is 15.8 Å². The van der Waals surface area contributed by atoms with Crippen LogP contribution in [0.1, 0.15) is 62.2 Å². The van der Waals surface area contributed by atoms with E-state index in [1.54, 1.807) is 25.3 Å². The Hall–Kier alpha value is -4.30. The molecule has 3 heterocycles. The van der Waals surface area contributed by atoms with E-state index in [2.05, 4.69) is 57.8 Å². The molecule has 1 unspecified atom stereocenters. The van der Waals surface area contributed by atoms with Crippen molar-refractivity contribution in [3.63, 3.8) is 0 Å². The molecule has 0 spiro atoms. The van der Waals surface area contributed by atoms with Crippen molar-refractivity contribution in [3.8, 4) is 6.07 Å². The zero-order valence-electron chi connectivity index (χ0n) is 22.6. The van der Waals surface area contributed by atoms with Crippen LogP contribution >= 0.6 is 11.6 Å². The summed E-state index contributed by atoms with van der Waals surface area (Å²) < 4.78 is 15.4. The van der Waals surface area contributed by atoms with Crippen molar-refractivity contribution in [2.75, 3.05) is 17.2 Å². The maximum atomic E-state index is 13.9. The van der Waals surface area contributed by atoms with Crippen molar-refractivity contribution in [1.29, 1.82) is 5.26 Å². The fourth-order valence-electron chi connectivity index (χ4n) is 4.62. The first kappa shape index (κ1) is 27.3. The number of benzene rings is 1. The summed E-state index contributed by atoms with van der Waals surface area (Å²) in [5.74, 6) is -1.07. The molecule has 1 fully saturated rings. The van der Waals surface area contributed by atoms with Gasteiger partial charge in [-0.3, -0.25) is 9.78 Å². The molecule has 12 heteroatoms. The van der Waals surface area contributed by atoms with Crippen molar-refractivity contribution >= 4 is 39.8 Å². The number of hydrogen-bond acceptors (Lipinski definition) is 8. The third-order valence-electron chi connectivity index (χ3n) is 6.98. The highest BCUT2D eigenvalue weighted by molar-refractivity contribution is 6.35. The Balaban J connectivity index is 1.61. The number of anilines is 2. The lowest BCUT2D eigenvalue weighted by molar-refractivity contribution is -0.122. The van der Waals surface area contributed by atoms with Crippen molar-refractivity contribution in [2.45, 2.75) is 52.1 Å². The minimum atomic E-state index is -0.884.